The van der Waals surface area contributed by atoms with Crippen molar-refractivity contribution in [2.24, 2.45) is 5.10 Å². The standard InChI is InChI=1S/C10H9N5O3/c1-18-10-3-2-8(4-9(10)15(16)17)5-13-14-6-11-12-7-14/h2-7H,1H3/b13-5-. The zero-order chi connectivity index (χ0) is 13.0. The summed E-state index contributed by atoms with van der Waals surface area (Å²) in [4.78, 5) is 10.3. The molecule has 1 heterocycles. The van der Waals surface area contributed by atoms with Gasteiger partial charge in [-0.05, 0) is 12.1 Å². The molecule has 0 unspecified atom stereocenters. The van der Waals surface area contributed by atoms with E-state index in [0.717, 1.165) is 0 Å². The molecule has 8 heteroatoms. The molecule has 1 aromatic heterocycles. The fraction of sp³-hybridized carbons (Fsp3) is 0.100. The Bertz CT molecular complexity index is 579. The van der Waals surface area contributed by atoms with Gasteiger partial charge in [0.2, 0.25) is 0 Å². The van der Waals surface area contributed by atoms with E-state index in [4.69, 9.17) is 4.74 Å². The Morgan fingerprint density at radius 2 is 2.17 bits per heavy atom. The van der Waals surface area contributed by atoms with E-state index in [2.05, 4.69) is 15.3 Å². The Morgan fingerprint density at radius 1 is 1.44 bits per heavy atom. The van der Waals surface area contributed by atoms with Gasteiger partial charge < -0.3 is 4.74 Å². The van der Waals surface area contributed by atoms with E-state index in [9.17, 15) is 10.1 Å². The fourth-order valence-corrected chi connectivity index (χ4v) is 1.32. The molecule has 0 saturated heterocycles. The van der Waals surface area contributed by atoms with Crippen LogP contribution < -0.4 is 4.74 Å². The summed E-state index contributed by atoms with van der Waals surface area (Å²) in [5.74, 6) is 0.210. The van der Waals surface area contributed by atoms with E-state index in [0.29, 0.717) is 5.56 Å². The molecule has 0 aliphatic rings. The lowest BCUT2D eigenvalue weighted by Gasteiger charge is -2.01. The third-order valence-corrected chi connectivity index (χ3v) is 2.15. The normalized spacial score (nSPS) is 10.7. The molecule has 2 aromatic rings. The molecule has 0 aliphatic heterocycles. The van der Waals surface area contributed by atoms with Crippen molar-refractivity contribution in [1.29, 1.82) is 0 Å². The first-order valence-corrected chi connectivity index (χ1v) is 4.92. The van der Waals surface area contributed by atoms with Crippen molar-refractivity contribution in [1.82, 2.24) is 14.9 Å². The van der Waals surface area contributed by atoms with E-state index < -0.39 is 4.92 Å². The number of nitro groups is 1. The van der Waals surface area contributed by atoms with Gasteiger partial charge in [-0.3, -0.25) is 10.1 Å². The molecular weight excluding hydrogens is 238 g/mol. The van der Waals surface area contributed by atoms with Crippen molar-refractivity contribution in [3.63, 3.8) is 0 Å². The number of hydrogen-bond donors (Lipinski definition) is 0. The van der Waals surface area contributed by atoms with Crippen LogP contribution in [0.2, 0.25) is 0 Å². The Morgan fingerprint density at radius 3 is 2.78 bits per heavy atom. The van der Waals surface area contributed by atoms with E-state index >= 15 is 0 Å². The molecule has 0 radical (unpaired) electrons. The summed E-state index contributed by atoms with van der Waals surface area (Å²) in [5.41, 5.74) is 0.474. The smallest absolute Gasteiger partial charge is 0.311 e. The molecule has 0 fully saturated rings. The van der Waals surface area contributed by atoms with Crippen LogP contribution in [-0.4, -0.2) is 33.1 Å². The second-order valence-corrected chi connectivity index (χ2v) is 3.27. The molecule has 0 amide bonds. The average molecular weight is 247 g/mol. The topological polar surface area (TPSA) is 95.4 Å². The van der Waals surface area contributed by atoms with Gasteiger partial charge in [-0.15, -0.1) is 10.2 Å². The highest BCUT2D eigenvalue weighted by Crippen LogP contribution is 2.26. The van der Waals surface area contributed by atoms with Crippen molar-refractivity contribution < 1.29 is 9.66 Å². The van der Waals surface area contributed by atoms with E-state index in [-0.39, 0.29) is 11.4 Å². The van der Waals surface area contributed by atoms with Crippen LogP contribution in [0.15, 0.2) is 36.0 Å². The Labute approximate surface area is 102 Å². The SMILES string of the molecule is COc1ccc(/C=N\n2cnnc2)cc1[N+](=O)[O-]. The summed E-state index contributed by atoms with van der Waals surface area (Å²) in [6.45, 7) is 0. The zero-order valence-electron chi connectivity index (χ0n) is 9.42. The molecule has 0 bridgehead atoms. The molecule has 92 valence electrons. The van der Waals surface area contributed by atoms with Crippen molar-refractivity contribution in [2.45, 2.75) is 0 Å². The van der Waals surface area contributed by atoms with Gasteiger partial charge >= 0.3 is 5.69 Å². The number of benzene rings is 1. The molecule has 1 aromatic carbocycles. The molecular formula is C10H9N5O3. The van der Waals surface area contributed by atoms with Crippen LogP contribution in [0.3, 0.4) is 0 Å². The van der Waals surface area contributed by atoms with Crippen molar-refractivity contribution in [3.8, 4) is 5.75 Å². The summed E-state index contributed by atoms with van der Waals surface area (Å²) in [7, 11) is 1.38. The minimum absolute atomic E-state index is 0.106. The van der Waals surface area contributed by atoms with Crippen LogP contribution in [0, 0.1) is 10.1 Å². The number of rotatable bonds is 4. The fourth-order valence-electron chi connectivity index (χ4n) is 1.32. The monoisotopic (exact) mass is 247 g/mol. The predicted octanol–water partition coefficient (Wildman–Crippen LogP) is 1.08. The van der Waals surface area contributed by atoms with Crippen molar-refractivity contribution in [3.05, 3.63) is 46.5 Å². The highest BCUT2D eigenvalue weighted by atomic mass is 16.6. The van der Waals surface area contributed by atoms with Gasteiger partial charge in [0.25, 0.3) is 0 Å². The summed E-state index contributed by atoms with van der Waals surface area (Å²) >= 11 is 0. The van der Waals surface area contributed by atoms with Gasteiger partial charge in [0.05, 0.1) is 18.2 Å². The minimum Gasteiger partial charge on any atom is -0.490 e. The number of aromatic nitrogens is 3. The first kappa shape index (κ1) is 11.7. The lowest BCUT2D eigenvalue weighted by atomic mass is 10.2. The molecule has 0 atom stereocenters. The molecule has 0 spiro atoms. The molecule has 0 aliphatic carbocycles. The molecule has 0 saturated carbocycles. The van der Waals surface area contributed by atoms with E-state index in [1.165, 1.54) is 42.8 Å². The van der Waals surface area contributed by atoms with Crippen LogP contribution in [0.4, 0.5) is 5.69 Å². The van der Waals surface area contributed by atoms with Crippen LogP contribution in [0.5, 0.6) is 5.75 Å². The maximum absolute atomic E-state index is 10.8. The van der Waals surface area contributed by atoms with Gasteiger partial charge in [0, 0.05) is 11.6 Å². The van der Waals surface area contributed by atoms with Crippen LogP contribution in [0.1, 0.15) is 5.56 Å². The van der Waals surface area contributed by atoms with E-state index in [1.54, 1.807) is 6.07 Å². The van der Waals surface area contributed by atoms with Gasteiger partial charge in [-0.2, -0.15) is 5.10 Å². The van der Waals surface area contributed by atoms with Gasteiger partial charge in [0.1, 0.15) is 12.7 Å². The zero-order valence-corrected chi connectivity index (χ0v) is 9.42. The summed E-state index contributed by atoms with van der Waals surface area (Å²) < 4.78 is 6.29. The third kappa shape index (κ3) is 2.48. The second kappa shape index (κ2) is 5.04. The number of nitrogens with zero attached hydrogens (tertiary/aromatic N) is 5. The summed E-state index contributed by atoms with van der Waals surface area (Å²) in [6, 6.07) is 4.57. The van der Waals surface area contributed by atoms with Crippen molar-refractivity contribution in [2.75, 3.05) is 7.11 Å². The van der Waals surface area contributed by atoms with E-state index in [1.807, 2.05) is 0 Å². The number of nitro benzene ring substituents is 1. The Hall–Kier alpha value is -2.77. The van der Waals surface area contributed by atoms with Crippen LogP contribution >= 0.6 is 0 Å². The van der Waals surface area contributed by atoms with Gasteiger partial charge in [0.15, 0.2) is 5.75 Å². The molecule has 2 rings (SSSR count). The number of ether oxygens (including phenoxy) is 1. The summed E-state index contributed by atoms with van der Waals surface area (Å²) in [6.07, 6.45) is 4.29. The van der Waals surface area contributed by atoms with Crippen LogP contribution in [0.25, 0.3) is 0 Å². The van der Waals surface area contributed by atoms with Crippen molar-refractivity contribution >= 4 is 11.9 Å². The first-order valence-electron chi connectivity index (χ1n) is 4.92. The minimum atomic E-state index is -0.505. The average Bonchev–Trinajstić information content (AvgIpc) is 2.89. The van der Waals surface area contributed by atoms with Gasteiger partial charge in [-0.25, -0.2) is 4.68 Å². The number of methoxy groups -OCH3 is 1. The molecule has 8 nitrogen and oxygen atoms in total. The predicted molar refractivity (Wildman–Crippen MR) is 62.7 cm³/mol. The third-order valence-electron chi connectivity index (χ3n) is 2.15. The maximum Gasteiger partial charge on any atom is 0.311 e. The lowest BCUT2D eigenvalue weighted by molar-refractivity contribution is -0.385. The summed E-state index contributed by atoms with van der Waals surface area (Å²) in [5, 5.41) is 22.0. The highest BCUT2D eigenvalue weighted by Gasteiger charge is 2.14. The largest absolute Gasteiger partial charge is 0.490 e. The first-order chi connectivity index (χ1) is 8.70. The Kier molecular flexibility index (Phi) is 3.28. The maximum atomic E-state index is 10.8. The lowest BCUT2D eigenvalue weighted by Crippen LogP contribution is -1.95. The highest BCUT2D eigenvalue weighted by molar-refractivity contribution is 5.81. The number of hydrogen-bond acceptors (Lipinski definition) is 6. The van der Waals surface area contributed by atoms with Crippen LogP contribution in [-0.2, 0) is 0 Å². The van der Waals surface area contributed by atoms with Gasteiger partial charge in [-0.1, -0.05) is 0 Å². The Balaban J connectivity index is 2.30. The second-order valence-electron chi connectivity index (χ2n) is 3.27. The molecule has 18 heavy (non-hydrogen) atoms. The molecule has 0 N–H and O–H groups in total. The quantitative estimate of drug-likeness (QED) is 0.457.